The van der Waals surface area contributed by atoms with E-state index in [2.05, 4.69) is 18.2 Å². The molecule has 2 aliphatic rings. The molecule has 0 spiro atoms. The molecule has 1 aromatic rings. The SMILES string of the molecule is CCOC(=O)CSc1nc2c(c([C@@H]3CC=CCC3)c1C#N)CCC2. The van der Waals surface area contributed by atoms with Crippen LogP contribution in [0.25, 0.3) is 0 Å². The minimum absolute atomic E-state index is 0.207. The number of allylic oxidation sites excluding steroid dienone is 2. The highest BCUT2D eigenvalue weighted by molar-refractivity contribution is 7.99. The van der Waals surface area contributed by atoms with Crippen LogP contribution in [0.2, 0.25) is 0 Å². The summed E-state index contributed by atoms with van der Waals surface area (Å²) in [5, 5.41) is 10.5. The maximum absolute atomic E-state index is 11.7. The minimum atomic E-state index is -0.254. The molecule has 126 valence electrons. The molecule has 4 nitrogen and oxygen atoms in total. The highest BCUT2D eigenvalue weighted by Crippen LogP contribution is 2.40. The summed E-state index contributed by atoms with van der Waals surface area (Å²) in [6, 6.07) is 2.39. The van der Waals surface area contributed by atoms with Crippen molar-refractivity contribution in [3.05, 3.63) is 34.5 Å². The number of esters is 1. The first-order valence-corrected chi connectivity index (χ1v) is 9.62. The Balaban J connectivity index is 1.96. The molecule has 0 radical (unpaired) electrons. The van der Waals surface area contributed by atoms with Gasteiger partial charge in [0.25, 0.3) is 0 Å². The van der Waals surface area contributed by atoms with E-state index in [1.165, 1.54) is 22.9 Å². The van der Waals surface area contributed by atoms with Gasteiger partial charge in [-0.25, -0.2) is 4.98 Å². The van der Waals surface area contributed by atoms with Crippen LogP contribution in [0.15, 0.2) is 17.2 Å². The van der Waals surface area contributed by atoms with Crippen LogP contribution in [-0.4, -0.2) is 23.3 Å². The van der Waals surface area contributed by atoms with Crippen molar-refractivity contribution >= 4 is 17.7 Å². The molecule has 0 aliphatic heterocycles. The van der Waals surface area contributed by atoms with Crippen molar-refractivity contribution in [1.29, 1.82) is 5.26 Å². The Morgan fingerprint density at radius 2 is 2.33 bits per heavy atom. The van der Waals surface area contributed by atoms with Gasteiger partial charge in [-0.15, -0.1) is 0 Å². The van der Waals surface area contributed by atoms with E-state index in [-0.39, 0.29) is 11.7 Å². The molecule has 0 saturated heterocycles. The van der Waals surface area contributed by atoms with Crippen molar-refractivity contribution in [1.82, 2.24) is 4.98 Å². The summed E-state index contributed by atoms with van der Waals surface area (Å²) in [5.74, 6) is 0.357. The summed E-state index contributed by atoms with van der Waals surface area (Å²) in [6.07, 6.45) is 10.7. The second kappa shape index (κ2) is 7.85. The monoisotopic (exact) mass is 342 g/mol. The van der Waals surface area contributed by atoms with Crippen LogP contribution < -0.4 is 0 Å². The van der Waals surface area contributed by atoms with E-state index in [1.807, 2.05) is 0 Å². The van der Waals surface area contributed by atoms with Crippen LogP contribution in [-0.2, 0) is 22.4 Å². The summed E-state index contributed by atoms with van der Waals surface area (Å²) in [5.41, 5.74) is 4.32. The summed E-state index contributed by atoms with van der Waals surface area (Å²) >= 11 is 1.34. The Morgan fingerprint density at radius 1 is 1.46 bits per heavy atom. The zero-order valence-electron chi connectivity index (χ0n) is 14.0. The molecule has 24 heavy (non-hydrogen) atoms. The molecule has 5 heteroatoms. The van der Waals surface area contributed by atoms with Gasteiger partial charge in [-0.3, -0.25) is 4.79 Å². The third-order valence-electron chi connectivity index (χ3n) is 4.65. The van der Waals surface area contributed by atoms with Gasteiger partial charge in [-0.05, 0) is 62.5 Å². The normalized spacial score (nSPS) is 18.9. The zero-order chi connectivity index (χ0) is 16.9. The Kier molecular flexibility index (Phi) is 5.57. The number of aryl methyl sites for hydroxylation is 1. The predicted octanol–water partition coefficient (Wildman–Crippen LogP) is 3.92. The van der Waals surface area contributed by atoms with Crippen LogP contribution in [0, 0.1) is 11.3 Å². The average Bonchev–Trinajstić information content (AvgIpc) is 3.07. The largest absolute Gasteiger partial charge is 0.465 e. The van der Waals surface area contributed by atoms with Gasteiger partial charge in [-0.2, -0.15) is 5.26 Å². The van der Waals surface area contributed by atoms with Gasteiger partial charge in [0.1, 0.15) is 11.1 Å². The molecule has 0 aromatic carbocycles. The Hall–Kier alpha value is -1.80. The van der Waals surface area contributed by atoms with Crippen LogP contribution >= 0.6 is 11.8 Å². The van der Waals surface area contributed by atoms with Gasteiger partial charge in [0.05, 0.1) is 17.9 Å². The number of thioether (sulfide) groups is 1. The third-order valence-corrected chi connectivity index (χ3v) is 5.60. The second-order valence-corrected chi connectivity index (χ2v) is 7.14. The summed E-state index contributed by atoms with van der Waals surface area (Å²) < 4.78 is 5.00. The number of nitrogens with zero attached hydrogens (tertiary/aromatic N) is 2. The molecule has 0 fully saturated rings. The number of nitriles is 1. The fourth-order valence-corrected chi connectivity index (χ4v) is 4.45. The predicted molar refractivity (Wildman–Crippen MR) is 94.1 cm³/mol. The second-order valence-electron chi connectivity index (χ2n) is 6.17. The van der Waals surface area contributed by atoms with Crippen molar-refractivity contribution in [3.63, 3.8) is 0 Å². The van der Waals surface area contributed by atoms with E-state index in [1.54, 1.807) is 6.92 Å². The van der Waals surface area contributed by atoms with Crippen molar-refractivity contribution in [2.75, 3.05) is 12.4 Å². The lowest BCUT2D eigenvalue weighted by Gasteiger charge is -2.23. The van der Waals surface area contributed by atoms with Crippen LogP contribution in [0.1, 0.15) is 60.9 Å². The Morgan fingerprint density at radius 3 is 3.04 bits per heavy atom. The summed E-state index contributed by atoms with van der Waals surface area (Å²) in [7, 11) is 0. The number of pyridine rings is 1. The highest BCUT2D eigenvalue weighted by Gasteiger charge is 2.28. The first-order chi connectivity index (χ1) is 11.7. The minimum Gasteiger partial charge on any atom is -0.465 e. The van der Waals surface area contributed by atoms with Crippen molar-refractivity contribution in [3.8, 4) is 6.07 Å². The molecule has 2 aliphatic carbocycles. The van der Waals surface area contributed by atoms with E-state index in [0.717, 1.165) is 44.2 Å². The molecule has 1 aromatic heterocycles. The lowest BCUT2D eigenvalue weighted by molar-refractivity contribution is -0.139. The summed E-state index contributed by atoms with van der Waals surface area (Å²) in [6.45, 7) is 2.17. The molecule has 1 heterocycles. The van der Waals surface area contributed by atoms with Gasteiger partial charge in [0, 0.05) is 5.69 Å². The van der Waals surface area contributed by atoms with Gasteiger partial charge >= 0.3 is 5.97 Å². The van der Waals surface area contributed by atoms with Crippen molar-refractivity contribution in [2.24, 2.45) is 0 Å². The lowest BCUT2D eigenvalue weighted by atomic mass is 9.83. The number of aromatic nitrogens is 1. The topological polar surface area (TPSA) is 63.0 Å². The van der Waals surface area contributed by atoms with E-state index in [4.69, 9.17) is 9.72 Å². The van der Waals surface area contributed by atoms with Crippen LogP contribution in [0.4, 0.5) is 0 Å². The molecule has 1 atom stereocenters. The smallest absolute Gasteiger partial charge is 0.316 e. The molecule has 0 saturated carbocycles. The maximum Gasteiger partial charge on any atom is 0.316 e. The van der Waals surface area contributed by atoms with E-state index in [9.17, 15) is 10.1 Å². The van der Waals surface area contributed by atoms with Crippen molar-refractivity contribution in [2.45, 2.75) is 56.4 Å². The number of ether oxygens (including phenoxy) is 1. The molecule has 0 unspecified atom stereocenters. The van der Waals surface area contributed by atoms with Crippen LogP contribution in [0.5, 0.6) is 0 Å². The van der Waals surface area contributed by atoms with Gasteiger partial charge in [0.15, 0.2) is 0 Å². The molecule has 3 rings (SSSR count). The van der Waals surface area contributed by atoms with Gasteiger partial charge < -0.3 is 4.74 Å². The Labute approximate surface area is 147 Å². The molecule has 0 amide bonds. The van der Waals surface area contributed by atoms with Gasteiger partial charge in [-0.1, -0.05) is 23.9 Å². The van der Waals surface area contributed by atoms with E-state index >= 15 is 0 Å². The Bertz CT molecular complexity index is 706. The van der Waals surface area contributed by atoms with Crippen molar-refractivity contribution < 1.29 is 9.53 Å². The van der Waals surface area contributed by atoms with Gasteiger partial charge in [0.2, 0.25) is 0 Å². The number of fused-ring (bicyclic) bond motifs is 1. The maximum atomic E-state index is 11.7. The number of hydrogen-bond acceptors (Lipinski definition) is 5. The molecular weight excluding hydrogens is 320 g/mol. The fraction of sp³-hybridized carbons (Fsp3) is 0.526. The molecular formula is C19H22N2O2S. The van der Waals surface area contributed by atoms with E-state index in [0.29, 0.717) is 23.1 Å². The van der Waals surface area contributed by atoms with Crippen LogP contribution in [0.3, 0.4) is 0 Å². The highest BCUT2D eigenvalue weighted by atomic mass is 32.2. The average molecular weight is 342 g/mol. The molecule has 0 bridgehead atoms. The first-order valence-electron chi connectivity index (χ1n) is 8.63. The quantitative estimate of drug-likeness (QED) is 0.461. The van der Waals surface area contributed by atoms with E-state index < -0.39 is 0 Å². The first kappa shape index (κ1) is 17.0. The number of rotatable bonds is 5. The standard InChI is InChI=1S/C19H22N2O2S/c1-2-23-17(22)12-24-19-15(11-20)18(13-7-4-3-5-8-13)14-9-6-10-16(14)21-19/h3-4,13H,2,5-10,12H2,1H3/t13-/m1/s1. The summed E-state index contributed by atoms with van der Waals surface area (Å²) in [4.78, 5) is 16.4. The lowest BCUT2D eigenvalue weighted by Crippen LogP contribution is -2.12. The molecule has 0 N–H and O–H groups in total. The fourth-order valence-electron chi connectivity index (χ4n) is 3.63. The number of carbonyl (C=O) groups excluding carboxylic acids is 1. The zero-order valence-corrected chi connectivity index (χ0v) is 14.8. The third kappa shape index (κ3) is 3.49. The number of hydrogen-bond donors (Lipinski definition) is 0. The number of carbonyl (C=O) groups is 1.